The van der Waals surface area contributed by atoms with Gasteiger partial charge in [-0.3, -0.25) is 13.9 Å². The number of nitrogens with one attached hydrogen (secondary N) is 1. The third-order valence-electron chi connectivity index (χ3n) is 7.17. The van der Waals surface area contributed by atoms with E-state index in [0.717, 1.165) is 46.4 Å². The summed E-state index contributed by atoms with van der Waals surface area (Å²) in [6, 6.07) is 18.9. The fourth-order valence-corrected chi connectivity index (χ4v) is 7.13. The van der Waals surface area contributed by atoms with E-state index in [-0.39, 0.29) is 34.1 Å². The Balaban J connectivity index is 1.69. The van der Waals surface area contributed by atoms with Crippen molar-refractivity contribution in [2.24, 2.45) is 0 Å². The summed E-state index contributed by atoms with van der Waals surface area (Å²) in [6.07, 6.45) is 5.05. The minimum atomic E-state index is -4.21. The number of sulfonamides is 1. The number of benzene rings is 3. The molecule has 3 aromatic rings. The molecule has 11 heteroatoms. The highest BCUT2D eigenvalue weighted by atomic mass is 79.9. The molecule has 0 aliphatic heterocycles. The molecule has 0 radical (unpaired) electrons. The molecule has 0 saturated heterocycles. The second-order valence-corrected chi connectivity index (χ2v) is 13.7. The standard InChI is InChI=1S/C30H32BrCl2N3O4S/c1-21(30(38)34-25-8-4-2-5-9-25)35(19-22-12-14-23(31)15-13-22)29(37)20-36(28-17-16-24(32)18-27(28)33)41(39,40)26-10-6-3-7-11-26/h3,6-7,10-18,21,25H,2,4-5,8-9,19-20H2,1H3,(H,34,38)/t21-/m1/s1. The fraction of sp³-hybridized carbons (Fsp3) is 0.333. The molecule has 1 aliphatic rings. The maximum Gasteiger partial charge on any atom is 0.264 e. The summed E-state index contributed by atoms with van der Waals surface area (Å²) >= 11 is 16.0. The van der Waals surface area contributed by atoms with Gasteiger partial charge in [0.15, 0.2) is 0 Å². The maximum atomic E-state index is 14.1. The number of carbonyl (C=O) groups is 2. The van der Waals surface area contributed by atoms with Crippen molar-refractivity contribution in [3.05, 3.63) is 92.9 Å². The smallest absolute Gasteiger partial charge is 0.264 e. The Kier molecular flexibility index (Phi) is 10.7. The van der Waals surface area contributed by atoms with Crippen LogP contribution in [-0.4, -0.2) is 43.8 Å². The number of rotatable bonds is 10. The summed E-state index contributed by atoms with van der Waals surface area (Å²) in [5, 5.41) is 3.50. The molecule has 1 saturated carbocycles. The molecule has 41 heavy (non-hydrogen) atoms. The largest absolute Gasteiger partial charge is 0.352 e. The van der Waals surface area contributed by atoms with Gasteiger partial charge in [-0.25, -0.2) is 8.42 Å². The van der Waals surface area contributed by atoms with Crippen LogP contribution in [0.2, 0.25) is 10.0 Å². The number of carbonyl (C=O) groups excluding carboxylic acids is 2. The lowest BCUT2D eigenvalue weighted by Gasteiger charge is -2.33. The summed E-state index contributed by atoms with van der Waals surface area (Å²) in [4.78, 5) is 28.9. The minimum Gasteiger partial charge on any atom is -0.352 e. The van der Waals surface area contributed by atoms with Crippen LogP contribution in [0.3, 0.4) is 0 Å². The minimum absolute atomic E-state index is 0.00127. The second-order valence-electron chi connectivity index (χ2n) is 10.1. The van der Waals surface area contributed by atoms with E-state index >= 15 is 0 Å². The van der Waals surface area contributed by atoms with E-state index in [1.165, 1.54) is 35.2 Å². The van der Waals surface area contributed by atoms with Gasteiger partial charge in [-0.05, 0) is 67.8 Å². The van der Waals surface area contributed by atoms with E-state index in [2.05, 4.69) is 21.2 Å². The molecule has 1 atom stereocenters. The SMILES string of the molecule is C[C@H](C(=O)NC1CCCCC1)N(Cc1ccc(Br)cc1)C(=O)CN(c1ccc(Cl)cc1Cl)S(=O)(=O)c1ccccc1. The van der Waals surface area contributed by atoms with Crippen molar-refractivity contribution in [3.8, 4) is 0 Å². The van der Waals surface area contributed by atoms with Gasteiger partial charge in [-0.15, -0.1) is 0 Å². The van der Waals surface area contributed by atoms with Crippen LogP contribution in [0.4, 0.5) is 5.69 Å². The Morgan fingerprint density at radius 2 is 1.63 bits per heavy atom. The van der Waals surface area contributed by atoms with E-state index in [1.807, 2.05) is 24.3 Å². The van der Waals surface area contributed by atoms with Gasteiger partial charge < -0.3 is 10.2 Å². The number of nitrogens with zero attached hydrogens (tertiary/aromatic N) is 2. The van der Waals surface area contributed by atoms with Crippen LogP contribution >= 0.6 is 39.1 Å². The summed E-state index contributed by atoms with van der Waals surface area (Å²) in [5.41, 5.74) is 0.900. The second kappa shape index (κ2) is 14.1. The molecular formula is C30H32BrCl2N3O4S. The van der Waals surface area contributed by atoms with Gasteiger partial charge in [0, 0.05) is 22.1 Å². The zero-order chi connectivity index (χ0) is 29.6. The zero-order valence-corrected chi connectivity index (χ0v) is 26.5. The number of anilines is 1. The van der Waals surface area contributed by atoms with E-state index < -0.39 is 28.5 Å². The van der Waals surface area contributed by atoms with Gasteiger partial charge in [-0.1, -0.05) is 88.7 Å². The first-order chi connectivity index (χ1) is 19.6. The van der Waals surface area contributed by atoms with Crippen LogP contribution in [0.5, 0.6) is 0 Å². The van der Waals surface area contributed by atoms with Gasteiger partial charge in [0.2, 0.25) is 11.8 Å². The highest BCUT2D eigenvalue weighted by Gasteiger charge is 2.34. The van der Waals surface area contributed by atoms with Crippen LogP contribution in [0.25, 0.3) is 0 Å². The summed E-state index contributed by atoms with van der Waals surface area (Å²) in [6.45, 7) is 1.20. The molecule has 1 N–H and O–H groups in total. The highest BCUT2D eigenvalue weighted by Crippen LogP contribution is 2.33. The maximum absolute atomic E-state index is 14.1. The fourth-order valence-electron chi connectivity index (χ4n) is 4.85. The molecule has 3 aromatic carbocycles. The van der Waals surface area contributed by atoms with Crippen LogP contribution in [0.1, 0.15) is 44.6 Å². The van der Waals surface area contributed by atoms with Crippen molar-refractivity contribution >= 4 is 66.7 Å². The topological polar surface area (TPSA) is 86.8 Å². The first kappa shape index (κ1) is 31.3. The van der Waals surface area contributed by atoms with E-state index in [9.17, 15) is 18.0 Å². The quantitative estimate of drug-likeness (QED) is 0.255. The van der Waals surface area contributed by atoms with Crippen molar-refractivity contribution in [1.82, 2.24) is 10.2 Å². The molecule has 0 spiro atoms. The Hall–Kier alpha value is -2.59. The van der Waals surface area contributed by atoms with E-state index in [0.29, 0.717) is 5.02 Å². The van der Waals surface area contributed by atoms with Gasteiger partial charge in [0.1, 0.15) is 12.6 Å². The lowest BCUT2D eigenvalue weighted by molar-refractivity contribution is -0.139. The number of halogens is 3. The molecule has 1 aliphatic carbocycles. The highest BCUT2D eigenvalue weighted by molar-refractivity contribution is 9.10. The van der Waals surface area contributed by atoms with E-state index in [4.69, 9.17) is 23.2 Å². The Morgan fingerprint density at radius 1 is 0.976 bits per heavy atom. The van der Waals surface area contributed by atoms with Gasteiger partial charge in [-0.2, -0.15) is 0 Å². The number of hydrogen-bond donors (Lipinski definition) is 1. The molecule has 0 bridgehead atoms. The predicted octanol–water partition coefficient (Wildman–Crippen LogP) is 6.82. The number of hydrogen-bond acceptors (Lipinski definition) is 4. The monoisotopic (exact) mass is 679 g/mol. The number of amides is 2. The summed E-state index contributed by atoms with van der Waals surface area (Å²) < 4.78 is 29.6. The van der Waals surface area contributed by atoms with Gasteiger partial charge >= 0.3 is 0 Å². The molecule has 218 valence electrons. The van der Waals surface area contributed by atoms with E-state index in [1.54, 1.807) is 25.1 Å². The van der Waals surface area contributed by atoms with Crippen molar-refractivity contribution in [2.75, 3.05) is 10.8 Å². The molecule has 7 nitrogen and oxygen atoms in total. The van der Waals surface area contributed by atoms with Crippen molar-refractivity contribution in [2.45, 2.75) is 62.6 Å². The lowest BCUT2D eigenvalue weighted by atomic mass is 9.95. The van der Waals surface area contributed by atoms with Crippen molar-refractivity contribution in [3.63, 3.8) is 0 Å². The van der Waals surface area contributed by atoms with Crippen LogP contribution in [0.15, 0.2) is 82.2 Å². The third-order valence-corrected chi connectivity index (χ3v) is 10.0. The first-order valence-corrected chi connectivity index (χ1v) is 16.4. The average molecular weight is 681 g/mol. The molecular weight excluding hydrogens is 649 g/mol. The Labute approximate surface area is 260 Å². The lowest BCUT2D eigenvalue weighted by Crippen LogP contribution is -2.53. The average Bonchev–Trinajstić information content (AvgIpc) is 2.96. The van der Waals surface area contributed by atoms with Crippen molar-refractivity contribution in [1.29, 1.82) is 0 Å². The molecule has 2 amide bonds. The van der Waals surface area contributed by atoms with Gasteiger partial charge in [0.05, 0.1) is 15.6 Å². The molecule has 0 aromatic heterocycles. The Bertz CT molecular complexity index is 1470. The molecule has 0 heterocycles. The molecule has 4 rings (SSSR count). The Morgan fingerprint density at radius 3 is 2.27 bits per heavy atom. The zero-order valence-electron chi connectivity index (χ0n) is 22.6. The van der Waals surface area contributed by atoms with Crippen LogP contribution < -0.4 is 9.62 Å². The summed E-state index contributed by atoms with van der Waals surface area (Å²) in [7, 11) is -4.21. The molecule has 0 unspecified atom stereocenters. The van der Waals surface area contributed by atoms with Crippen molar-refractivity contribution < 1.29 is 18.0 Å². The first-order valence-electron chi connectivity index (χ1n) is 13.4. The van der Waals surface area contributed by atoms with Gasteiger partial charge in [0.25, 0.3) is 10.0 Å². The third kappa shape index (κ3) is 8.03. The summed E-state index contributed by atoms with van der Waals surface area (Å²) in [5.74, 6) is -0.825. The predicted molar refractivity (Wildman–Crippen MR) is 167 cm³/mol. The van der Waals surface area contributed by atoms with Crippen LogP contribution in [-0.2, 0) is 26.2 Å². The molecule has 1 fully saturated rings. The normalized spacial score (nSPS) is 14.7. The van der Waals surface area contributed by atoms with Crippen LogP contribution in [0, 0.1) is 0 Å².